The van der Waals surface area contributed by atoms with Crippen LogP contribution < -0.4 is 4.80 Å². The van der Waals surface area contributed by atoms with Crippen molar-refractivity contribution < 1.29 is 9.18 Å². The van der Waals surface area contributed by atoms with E-state index in [1.807, 2.05) is 29.9 Å². The average molecular weight is 346 g/mol. The van der Waals surface area contributed by atoms with Gasteiger partial charge in [0.2, 0.25) is 0 Å². The molecular formula is C17H15FN2OS2. The second kappa shape index (κ2) is 6.68. The number of hydrogen-bond acceptors (Lipinski definition) is 3. The minimum Gasteiger partial charge on any atom is -0.317 e. The van der Waals surface area contributed by atoms with E-state index in [1.54, 1.807) is 30.0 Å². The normalized spacial score (nSPS) is 12.0. The number of carbonyl (C=O) groups is 1. The lowest BCUT2D eigenvalue weighted by Gasteiger charge is -2.00. The first-order valence-corrected chi connectivity index (χ1v) is 9.18. The van der Waals surface area contributed by atoms with E-state index in [0.717, 1.165) is 15.1 Å². The standard InChI is InChI=1S/C17H15FN2OS2/c1-3-20-14-9-6-12(18)10-15(14)23-17(20)19-16(21)11-4-7-13(22-2)8-5-11/h4-10H,3H2,1-2H3. The Morgan fingerprint density at radius 2 is 2.00 bits per heavy atom. The Balaban J connectivity index is 2.07. The highest BCUT2D eigenvalue weighted by atomic mass is 32.2. The summed E-state index contributed by atoms with van der Waals surface area (Å²) in [4.78, 5) is 18.3. The summed E-state index contributed by atoms with van der Waals surface area (Å²) in [5.74, 6) is -0.570. The number of halogens is 1. The zero-order valence-electron chi connectivity index (χ0n) is 12.7. The van der Waals surface area contributed by atoms with Crippen molar-refractivity contribution in [1.82, 2.24) is 4.57 Å². The van der Waals surface area contributed by atoms with Crippen molar-refractivity contribution >= 4 is 39.2 Å². The van der Waals surface area contributed by atoms with Gasteiger partial charge in [-0.25, -0.2) is 4.39 Å². The number of thioether (sulfide) groups is 1. The summed E-state index contributed by atoms with van der Waals surface area (Å²) >= 11 is 2.95. The van der Waals surface area contributed by atoms with Crippen LogP contribution in [0.4, 0.5) is 4.39 Å². The Morgan fingerprint density at radius 3 is 2.65 bits per heavy atom. The molecule has 3 aromatic rings. The molecule has 3 rings (SSSR count). The second-order valence-corrected chi connectivity index (χ2v) is 6.78. The monoisotopic (exact) mass is 346 g/mol. The number of nitrogens with zero attached hydrogens (tertiary/aromatic N) is 2. The van der Waals surface area contributed by atoms with Gasteiger partial charge in [0.15, 0.2) is 4.80 Å². The van der Waals surface area contributed by atoms with Crippen molar-refractivity contribution in [3.8, 4) is 0 Å². The molecule has 0 saturated carbocycles. The molecule has 1 aromatic heterocycles. The molecule has 2 aromatic carbocycles. The van der Waals surface area contributed by atoms with Gasteiger partial charge in [-0.15, -0.1) is 11.8 Å². The largest absolute Gasteiger partial charge is 0.317 e. The predicted molar refractivity (Wildman–Crippen MR) is 93.6 cm³/mol. The molecule has 0 saturated heterocycles. The van der Waals surface area contributed by atoms with Crippen molar-refractivity contribution in [2.24, 2.45) is 4.99 Å². The summed E-state index contributed by atoms with van der Waals surface area (Å²) in [5, 5.41) is 0. The van der Waals surface area contributed by atoms with E-state index in [1.165, 1.54) is 23.5 Å². The number of hydrogen-bond donors (Lipinski definition) is 0. The highest BCUT2D eigenvalue weighted by molar-refractivity contribution is 7.98. The van der Waals surface area contributed by atoms with Crippen LogP contribution in [-0.4, -0.2) is 16.7 Å². The molecular weight excluding hydrogens is 331 g/mol. The molecule has 1 heterocycles. The molecule has 1 amide bonds. The summed E-state index contributed by atoms with van der Waals surface area (Å²) in [6.45, 7) is 2.65. The highest BCUT2D eigenvalue weighted by Gasteiger charge is 2.09. The lowest BCUT2D eigenvalue weighted by Crippen LogP contribution is -2.15. The summed E-state index contributed by atoms with van der Waals surface area (Å²) < 4.78 is 16.1. The first-order chi connectivity index (χ1) is 11.1. The fourth-order valence-corrected chi connectivity index (χ4v) is 3.85. The van der Waals surface area contributed by atoms with Gasteiger partial charge in [-0.05, 0) is 55.6 Å². The first kappa shape index (κ1) is 16.0. The Kier molecular flexibility index (Phi) is 4.63. The van der Waals surface area contributed by atoms with Gasteiger partial charge < -0.3 is 4.57 Å². The van der Waals surface area contributed by atoms with E-state index >= 15 is 0 Å². The van der Waals surface area contributed by atoms with Crippen LogP contribution in [0.3, 0.4) is 0 Å². The highest BCUT2D eigenvalue weighted by Crippen LogP contribution is 2.19. The molecule has 23 heavy (non-hydrogen) atoms. The maximum Gasteiger partial charge on any atom is 0.279 e. The van der Waals surface area contributed by atoms with E-state index < -0.39 is 0 Å². The molecule has 0 bridgehead atoms. The third-order valence-corrected chi connectivity index (χ3v) is 5.28. The van der Waals surface area contributed by atoms with Crippen molar-refractivity contribution in [3.05, 3.63) is 58.6 Å². The SMILES string of the molecule is CCn1c(=NC(=O)c2ccc(SC)cc2)sc2cc(F)ccc21. The molecule has 6 heteroatoms. The molecule has 0 fully saturated rings. The summed E-state index contributed by atoms with van der Waals surface area (Å²) in [6.07, 6.45) is 1.99. The molecule has 0 N–H and O–H groups in total. The van der Waals surface area contributed by atoms with Crippen LogP contribution >= 0.6 is 23.1 Å². The van der Waals surface area contributed by atoms with Crippen LogP contribution in [0.25, 0.3) is 10.2 Å². The van der Waals surface area contributed by atoms with Gasteiger partial charge in [0.05, 0.1) is 10.2 Å². The van der Waals surface area contributed by atoms with E-state index in [2.05, 4.69) is 4.99 Å². The minimum atomic E-state index is -0.285. The molecule has 3 nitrogen and oxygen atoms in total. The molecule has 0 aliphatic carbocycles. The third-order valence-electron chi connectivity index (χ3n) is 3.50. The zero-order valence-corrected chi connectivity index (χ0v) is 14.4. The van der Waals surface area contributed by atoms with Crippen molar-refractivity contribution in [2.75, 3.05) is 6.26 Å². The Morgan fingerprint density at radius 1 is 1.26 bits per heavy atom. The van der Waals surface area contributed by atoms with Crippen molar-refractivity contribution in [1.29, 1.82) is 0 Å². The number of aromatic nitrogens is 1. The van der Waals surface area contributed by atoms with Gasteiger partial charge in [-0.1, -0.05) is 11.3 Å². The van der Waals surface area contributed by atoms with Gasteiger partial charge in [0.1, 0.15) is 5.82 Å². The lowest BCUT2D eigenvalue weighted by atomic mass is 10.2. The van der Waals surface area contributed by atoms with Crippen LogP contribution in [-0.2, 0) is 6.54 Å². The van der Waals surface area contributed by atoms with Crippen LogP contribution in [0.1, 0.15) is 17.3 Å². The molecule has 0 aliphatic rings. The smallest absolute Gasteiger partial charge is 0.279 e. The maximum absolute atomic E-state index is 13.4. The van der Waals surface area contributed by atoms with Crippen LogP contribution in [0.15, 0.2) is 52.4 Å². The topological polar surface area (TPSA) is 34.4 Å². The summed E-state index contributed by atoms with van der Waals surface area (Å²) in [7, 11) is 0. The van der Waals surface area contributed by atoms with Crippen molar-refractivity contribution in [2.45, 2.75) is 18.4 Å². The summed E-state index contributed by atoms with van der Waals surface area (Å²) in [5.41, 5.74) is 1.44. The Labute approximate surface area is 141 Å². The van der Waals surface area contributed by atoms with Gasteiger partial charge in [-0.2, -0.15) is 4.99 Å². The van der Waals surface area contributed by atoms with Gasteiger partial charge in [0, 0.05) is 17.0 Å². The number of carbonyl (C=O) groups excluding carboxylic acids is 1. The third kappa shape index (κ3) is 3.23. The number of amides is 1. The number of benzene rings is 2. The van der Waals surface area contributed by atoms with Gasteiger partial charge in [-0.3, -0.25) is 4.79 Å². The predicted octanol–water partition coefficient (Wildman–Crippen LogP) is 4.32. The molecule has 0 radical (unpaired) electrons. The van der Waals surface area contributed by atoms with Crippen molar-refractivity contribution in [3.63, 3.8) is 0 Å². The van der Waals surface area contributed by atoms with Crippen LogP contribution in [0.2, 0.25) is 0 Å². The van der Waals surface area contributed by atoms with E-state index in [0.29, 0.717) is 16.9 Å². The Bertz CT molecular complexity index is 926. The van der Waals surface area contributed by atoms with E-state index in [-0.39, 0.29) is 11.7 Å². The maximum atomic E-state index is 13.4. The van der Waals surface area contributed by atoms with Crippen LogP contribution in [0.5, 0.6) is 0 Å². The fourth-order valence-electron chi connectivity index (χ4n) is 2.32. The number of aryl methyl sites for hydroxylation is 1. The quantitative estimate of drug-likeness (QED) is 0.662. The van der Waals surface area contributed by atoms with E-state index in [4.69, 9.17) is 0 Å². The first-order valence-electron chi connectivity index (χ1n) is 7.14. The number of fused-ring (bicyclic) bond motifs is 1. The minimum absolute atomic E-state index is 0.285. The number of rotatable bonds is 3. The molecule has 118 valence electrons. The molecule has 0 unspecified atom stereocenters. The lowest BCUT2D eigenvalue weighted by molar-refractivity contribution is 0.0998. The summed E-state index contributed by atoms with van der Waals surface area (Å²) in [6, 6.07) is 12.0. The average Bonchev–Trinajstić information content (AvgIpc) is 2.90. The molecule has 0 aliphatic heterocycles. The van der Waals surface area contributed by atoms with E-state index in [9.17, 15) is 9.18 Å². The second-order valence-electron chi connectivity index (χ2n) is 4.89. The number of thiazole rings is 1. The Hall–Kier alpha value is -1.92. The molecule has 0 spiro atoms. The molecule has 0 atom stereocenters. The van der Waals surface area contributed by atoms with Gasteiger partial charge >= 0.3 is 0 Å². The van der Waals surface area contributed by atoms with Gasteiger partial charge in [0.25, 0.3) is 5.91 Å². The zero-order chi connectivity index (χ0) is 16.4. The van der Waals surface area contributed by atoms with Crippen LogP contribution in [0, 0.1) is 5.82 Å². The fraction of sp³-hybridized carbons (Fsp3) is 0.176.